The molecular weight excluding hydrogens is 302 g/mol. The molecule has 0 spiro atoms. The topological polar surface area (TPSA) is 111 Å². The molecule has 1 aromatic heterocycles. The molecular formula is C14H17N5O4. The van der Waals surface area contributed by atoms with Crippen molar-refractivity contribution >= 4 is 12.0 Å². The van der Waals surface area contributed by atoms with Crippen LogP contribution in [0.2, 0.25) is 0 Å². The number of methoxy groups -OCH3 is 3. The Morgan fingerprint density at radius 3 is 2.43 bits per heavy atom. The third kappa shape index (κ3) is 3.76. The minimum absolute atomic E-state index is 0.268. The predicted octanol–water partition coefficient (Wildman–Crippen LogP) is 0.945. The number of hydrogen-bond donors (Lipinski definition) is 2. The van der Waals surface area contributed by atoms with E-state index in [-0.39, 0.29) is 5.82 Å². The van der Waals surface area contributed by atoms with E-state index < -0.39 is 5.69 Å². The highest BCUT2D eigenvalue weighted by Crippen LogP contribution is 2.33. The number of aromatic amines is 1. The van der Waals surface area contributed by atoms with Gasteiger partial charge in [0.15, 0.2) is 17.3 Å². The molecule has 1 aromatic carbocycles. The number of rotatable bonds is 6. The van der Waals surface area contributed by atoms with Gasteiger partial charge in [-0.1, -0.05) is 0 Å². The lowest BCUT2D eigenvalue weighted by molar-refractivity contribution is 0.349. The number of benzene rings is 1. The number of nitrogens with one attached hydrogen (secondary N) is 2. The van der Waals surface area contributed by atoms with Gasteiger partial charge < -0.3 is 14.2 Å². The summed E-state index contributed by atoms with van der Waals surface area (Å²) in [6.45, 7) is 1.69. The van der Waals surface area contributed by atoms with Gasteiger partial charge in [0.1, 0.15) is 11.4 Å². The van der Waals surface area contributed by atoms with E-state index in [0.717, 1.165) is 0 Å². The molecule has 1 heterocycles. The number of aromatic nitrogens is 3. The molecule has 0 saturated heterocycles. The second-order valence-electron chi connectivity index (χ2n) is 4.39. The highest BCUT2D eigenvalue weighted by molar-refractivity contribution is 5.85. The molecule has 122 valence electrons. The van der Waals surface area contributed by atoms with Gasteiger partial charge in [-0.3, -0.25) is 5.43 Å². The Morgan fingerprint density at radius 1 is 1.13 bits per heavy atom. The fourth-order valence-corrected chi connectivity index (χ4v) is 1.81. The second kappa shape index (κ2) is 7.25. The maximum atomic E-state index is 11.2. The smallest absolute Gasteiger partial charge is 0.363 e. The second-order valence-corrected chi connectivity index (χ2v) is 4.39. The lowest BCUT2D eigenvalue weighted by atomic mass is 10.2. The molecule has 0 amide bonds. The zero-order valence-corrected chi connectivity index (χ0v) is 13.2. The Bertz CT molecular complexity index is 772. The van der Waals surface area contributed by atoms with Crippen LogP contribution in [0.5, 0.6) is 17.2 Å². The Kier molecular flexibility index (Phi) is 5.13. The zero-order valence-electron chi connectivity index (χ0n) is 13.2. The van der Waals surface area contributed by atoms with Gasteiger partial charge in [0.25, 0.3) is 0 Å². The normalized spacial score (nSPS) is 10.6. The summed E-state index contributed by atoms with van der Waals surface area (Å²) >= 11 is 0. The van der Waals surface area contributed by atoms with E-state index in [1.54, 1.807) is 40.4 Å². The molecule has 0 aliphatic heterocycles. The standard InChI is InChI=1S/C14H17N5O4/c1-8-13(16-14(20)19-17-8)18-15-7-9-5-11(22-3)12(23-4)6-10(9)21-2/h5-7H,1-4H3,(H2,16,18,19,20)/b15-7+. The van der Waals surface area contributed by atoms with Crippen LogP contribution in [-0.4, -0.2) is 42.7 Å². The number of nitrogens with zero attached hydrogens (tertiary/aromatic N) is 3. The van der Waals surface area contributed by atoms with Crippen LogP contribution in [0.1, 0.15) is 11.3 Å². The maximum Gasteiger partial charge on any atom is 0.363 e. The monoisotopic (exact) mass is 319 g/mol. The molecule has 0 radical (unpaired) electrons. The summed E-state index contributed by atoms with van der Waals surface area (Å²) in [6, 6.07) is 3.41. The van der Waals surface area contributed by atoms with Crippen molar-refractivity contribution in [1.82, 2.24) is 15.2 Å². The summed E-state index contributed by atoms with van der Waals surface area (Å²) in [5.74, 6) is 1.92. The van der Waals surface area contributed by atoms with E-state index in [1.165, 1.54) is 6.21 Å². The van der Waals surface area contributed by atoms with E-state index in [4.69, 9.17) is 14.2 Å². The fraction of sp³-hybridized carbons (Fsp3) is 0.286. The summed E-state index contributed by atoms with van der Waals surface area (Å²) in [5, 5.41) is 10.1. The summed E-state index contributed by atoms with van der Waals surface area (Å²) in [4.78, 5) is 14.9. The predicted molar refractivity (Wildman–Crippen MR) is 84.7 cm³/mol. The van der Waals surface area contributed by atoms with Crippen molar-refractivity contribution in [2.45, 2.75) is 6.92 Å². The molecule has 23 heavy (non-hydrogen) atoms. The quantitative estimate of drug-likeness (QED) is 0.602. The van der Waals surface area contributed by atoms with Crippen molar-refractivity contribution < 1.29 is 14.2 Å². The van der Waals surface area contributed by atoms with E-state index in [9.17, 15) is 4.79 Å². The Labute approximate surface area is 132 Å². The van der Waals surface area contributed by atoms with Gasteiger partial charge in [0.2, 0.25) is 0 Å². The van der Waals surface area contributed by atoms with Gasteiger partial charge in [-0.05, 0) is 13.0 Å². The van der Waals surface area contributed by atoms with Crippen LogP contribution in [0.4, 0.5) is 5.82 Å². The number of aryl methyl sites for hydroxylation is 1. The van der Waals surface area contributed by atoms with Crippen molar-refractivity contribution in [3.8, 4) is 17.2 Å². The highest BCUT2D eigenvalue weighted by atomic mass is 16.5. The van der Waals surface area contributed by atoms with Gasteiger partial charge in [-0.15, -0.1) is 0 Å². The van der Waals surface area contributed by atoms with Gasteiger partial charge >= 0.3 is 5.69 Å². The minimum Gasteiger partial charge on any atom is -0.496 e. The molecule has 0 aliphatic carbocycles. The number of hydrogen-bond acceptors (Lipinski definition) is 8. The SMILES string of the molecule is COc1cc(OC)c(OC)cc1/C=N/Nc1nc(=O)[nH]nc1C. The van der Waals surface area contributed by atoms with E-state index >= 15 is 0 Å². The summed E-state index contributed by atoms with van der Waals surface area (Å²) in [6.07, 6.45) is 1.52. The van der Waals surface area contributed by atoms with Crippen molar-refractivity contribution in [3.05, 3.63) is 33.9 Å². The van der Waals surface area contributed by atoms with E-state index in [0.29, 0.717) is 28.5 Å². The average molecular weight is 319 g/mol. The number of H-pyrrole nitrogens is 1. The number of hydrazone groups is 1. The molecule has 0 unspecified atom stereocenters. The number of anilines is 1. The zero-order chi connectivity index (χ0) is 16.8. The van der Waals surface area contributed by atoms with Gasteiger partial charge in [0, 0.05) is 11.6 Å². The largest absolute Gasteiger partial charge is 0.496 e. The van der Waals surface area contributed by atoms with E-state index in [1.807, 2.05) is 0 Å². The van der Waals surface area contributed by atoms with Crippen LogP contribution < -0.4 is 25.3 Å². The maximum absolute atomic E-state index is 11.2. The first kappa shape index (κ1) is 16.3. The molecule has 0 bridgehead atoms. The van der Waals surface area contributed by atoms with Gasteiger partial charge in [-0.25, -0.2) is 9.89 Å². The molecule has 2 aromatic rings. The van der Waals surface area contributed by atoms with Crippen LogP contribution in [0, 0.1) is 6.92 Å². The van der Waals surface area contributed by atoms with Crippen LogP contribution in [0.3, 0.4) is 0 Å². The third-order valence-corrected chi connectivity index (χ3v) is 2.99. The van der Waals surface area contributed by atoms with Crippen molar-refractivity contribution in [3.63, 3.8) is 0 Å². The third-order valence-electron chi connectivity index (χ3n) is 2.99. The average Bonchev–Trinajstić information content (AvgIpc) is 2.57. The first-order chi connectivity index (χ1) is 11.1. The molecule has 9 heteroatoms. The lowest BCUT2D eigenvalue weighted by Gasteiger charge is -2.11. The summed E-state index contributed by atoms with van der Waals surface area (Å²) in [5.41, 5.74) is 3.28. The van der Waals surface area contributed by atoms with E-state index in [2.05, 4.69) is 25.7 Å². The summed E-state index contributed by atoms with van der Waals surface area (Å²) < 4.78 is 15.8. The van der Waals surface area contributed by atoms with Crippen LogP contribution in [-0.2, 0) is 0 Å². The molecule has 0 saturated carbocycles. The van der Waals surface area contributed by atoms with Gasteiger partial charge in [-0.2, -0.15) is 15.2 Å². The molecule has 2 N–H and O–H groups in total. The van der Waals surface area contributed by atoms with Crippen molar-refractivity contribution in [2.24, 2.45) is 5.10 Å². The molecule has 0 aliphatic rings. The molecule has 0 fully saturated rings. The molecule has 0 atom stereocenters. The molecule has 9 nitrogen and oxygen atoms in total. The van der Waals surface area contributed by atoms with Gasteiger partial charge in [0.05, 0.1) is 27.5 Å². The van der Waals surface area contributed by atoms with Crippen molar-refractivity contribution in [2.75, 3.05) is 26.8 Å². The molecule has 2 rings (SSSR count). The summed E-state index contributed by atoms with van der Waals surface area (Å²) in [7, 11) is 4.62. The Balaban J connectivity index is 2.28. The van der Waals surface area contributed by atoms with Crippen LogP contribution in [0.15, 0.2) is 22.0 Å². The Morgan fingerprint density at radius 2 is 1.78 bits per heavy atom. The first-order valence-electron chi connectivity index (χ1n) is 6.61. The number of ether oxygens (including phenoxy) is 3. The fourth-order valence-electron chi connectivity index (χ4n) is 1.81. The van der Waals surface area contributed by atoms with Crippen LogP contribution in [0.25, 0.3) is 0 Å². The van der Waals surface area contributed by atoms with Crippen molar-refractivity contribution in [1.29, 1.82) is 0 Å². The first-order valence-corrected chi connectivity index (χ1v) is 6.61. The highest BCUT2D eigenvalue weighted by Gasteiger charge is 2.10. The lowest BCUT2D eigenvalue weighted by Crippen LogP contribution is -2.15. The Hall–Kier alpha value is -3.10. The minimum atomic E-state index is -0.558. The van der Waals surface area contributed by atoms with Crippen LogP contribution >= 0.6 is 0 Å².